The Balaban J connectivity index is 3.00. The Bertz CT molecular complexity index is 464. The number of sulfonamides is 1. The van der Waals surface area contributed by atoms with E-state index >= 15 is 0 Å². The molecule has 1 aromatic rings. The fraction of sp³-hybridized carbons (Fsp3) is 0.455. The maximum Gasteiger partial charge on any atom is 0.241 e. The zero-order valence-electron chi connectivity index (χ0n) is 9.84. The number of aryl methyl sites for hydroxylation is 1. The molecule has 0 bridgehead atoms. The standard InChI is InChI=1S/C11H17NO2S3/c1-9-3-5-10(6-4-9)17(13,14)12-11(2,7-15)8-16/h3-6,12,15-16H,7-8H2,1-2H3. The fourth-order valence-corrected chi connectivity index (χ4v) is 3.39. The lowest BCUT2D eigenvalue weighted by molar-refractivity contribution is 0.506. The van der Waals surface area contributed by atoms with Gasteiger partial charge in [-0.15, -0.1) is 0 Å². The van der Waals surface area contributed by atoms with Gasteiger partial charge in [-0.05, 0) is 26.0 Å². The van der Waals surface area contributed by atoms with Crippen LogP contribution in [0.5, 0.6) is 0 Å². The predicted octanol–water partition coefficient (Wildman–Crippen LogP) is 1.89. The third kappa shape index (κ3) is 3.91. The van der Waals surface area contributed by atoms with Gasteiger partial charge in [-0.1, -0.05) is 17.7 Å². The second kappa shape index (κ2) is 5.65. The van der Waals surface area contributed by atoms with Gasteiger partial charge in [-0.25, -0.2) is 13.1 Å². The summed E-state index contributed by atoms with van der Waals surface area (Å²) in [7, 11) is -3.51. The van der Waals surface area contributed by atoms with Gasteiger partial charge in [0.15, 0.2) is 0 Å². The van der Waals surface area contributed by atoms with E-state index in [0.29, 0.717) is 11.5 Å². The lowest BCUT2D eigenvalue weighted by Gasteiger charge is -2.26. The molecule has 1 rings (SSSR count). The van der Waals surface area contributed by atoms with Crippen LogP contribution in [-0.4, -0.2) is 25.5 Å². The first kappa shape index (κ1) is 14.9. The van der Waals surface area contributed by atoms with Crippen molar-refractivity contribution in [1.29, 1.82) is 0 Å². The van der Waals surface area contributed by atoms with Crippen molar-refractivity contribution in [3.05, 3.63) is 29.8 Å². The molecule has 0 unspecified atom stereocenters. The molecule has 0 aliphatic carbocycles. The monoisotopic (exact) mass is 291 g/mol. The van der Waals surface area contributed by atoms with E-state index in [-0.39, 0.29) is 4.90 Å². The van der Waals surface area contributed by atoms with Gasteiger partial charge in [0.25, 0.3) is 0 Å². The van der Waals surface area contributed by atoms with Gasteiger partial charge in [-0.2, -0.15) is 25.3 Å². The van der Waals surface area contributed by atoms with E-state index in [4.69, 9.17) is 0 Å². The van der Waals surface area contributed by atoms with E-state index in [9.17, 15) is 8.42 Å². The molecule has 0 atom stereocenters. The topological polar surface area (TPSA) is 46.2 Å². The Morgan fingerprint density at radius 2 is 1.65 bits per heavy atom. The summed E-state index contributed by atoms with van der Waals surface area (Å²) in [5, 5.41) is 0. The van der Waals surface area contributed by atoms with Crippen LogP contribution in [0.1, 0.15) is 12.5 Å². The molecule has 6 heteroatoms. The average Bonchev–Trinajstić information content (AvgIpc) is 2.29. The Labute approximate surface area is 114 Å². The summed E-state index contributed by atoms with van der Waals surface area (Å²) >= 11 is 8.29. The van der Waals surface area contributed by atoms with Crippen molar-refractivity contribution >= 4 is 35.3 Å². The van der Waals surface area contributed by atoms with Crippen molar-refractivity contribution < 1.29 is 8.42 Å². The summed E-state index contributed by atoms with van der Waals surface area (Å²) in [5.74, 6) is 0.781. The predicted molar refractivity (Wildman–Crippen MR) is 77.6 cm³/mol. The summed E-state index contributed by atoms with van der Waals surface area (Å²) in [6, 6.07) is 6.73. The fourth-order valence-electron chi connectivity index (χ4n) is 1.22. The summed E-state index contributed by atoms with van der Waals surface area (Å²) in [4.78, 5) is 0.262. The zero-order chi connectivity index (χ0) is 13.1. The lowest BCUT2D eigenvalue weighted by Crippen LogP contribution is -2.49. The van der Waals surface area contributed by atoms with Gasteiger partial charge >= 0.3 is 0 Å². The maximum atomic E-state index is 12.1. The lowest BCUT2D eigenvalue weighted by atomic mass is 10.1. The van der Waals surface area contributed by atoms with Crippen molar-refractivity contribution in [2.24, 2.45) is 0 Å². The summed E-state index contributed by atoms with van der Waals surface area (Å²) in [6.07, 6.45) is 0. The van der Waals surface area contributed by atoms with E-state index in [1.165, 1.54) is 0 Å². The van der Waals surface area contributed by atoms with Gasteiger partial charge in [0.05, 0.1) is 4.90 Å². The molecule has 17 heavy (non-hydrogen) atoms. The van der Waals surface area contributed by atoms with E-state index in [2.05, 4.69) is 30.0 Å². The van der Waals surface area contributed by atoms with Crippen LogP contribution < -0.4 is 4.72 Å². The molecule has 1 aromatic carbocycles. The Morgan fingerprint density at radius 1 is 1.18 bits per heavy atom. The normalized spacial score (nSPS) is 12.7. The van der Waals surface area contributed by atoms with Crippen molar-refractivity contribution in [3.8, 4) is 0 Å². The quantitative estimate of drug-likeness (QED) is 0.726. The highest BCUT2D eigenvalue weighted by atomic mass is 32.2. The van der Waals surface area contributed by atoms with E-state index in [0.717, 1.165) is 5.56 Å². The summed E-state index contributed by atoms with van der Waals surface area (Å²) in [5.41, 5.74) is 0.380. The Hall–Kier alpha value is -0.170. The third-order valence-corrected chi connectivity index (χ3v) is 5.46. The Morgan fingerprint density at radius 3 is 2.06 bits per heavy atom. The maximum absolute atomic E-state index is 12.1. The van der Waals surface area contributed by atoms with Crippen LogP contribution in [0.25, 0.3) is 0 Å². The number of rotatable bonds is 5. The number of thiol groups is 2. The highest BCUT2D eigenvalue weighted by Gasteiger charge is 2.28. The van der Waals surface area contributed by atoms with Gasteiger partial charge < -0.3 is 0 Å². The number of hydrogen-bond donors (Lipinski definition) is 3. The van der Waals surface area contributed by atoms with Crippen LogP contribution in [0.4, 0.5) is 0 Å². The summed E-state index contributed by atoms with van der Waals surface area (Å²) < 4.78 is 26.8. The van der Waals surface area contributed by atoms with Crippen LogP contribution in [0.15, 0.2) is 29.2 Å². The van der Waals surface area contributed by atoms with Crippen LogP contribution >= 0.6 is 25.3 Å². The third-order valence-electron chi connectivity index (χ3n) is 2.41. The molecule has 0 radical (unpaired) electrons. The molecule has 0 saturated carbocycles. The zero-order valence-corrected chi connectivity index (χ0v) is 12.4. The van der Waals surface area contributed by atoms with Gasteiger partial charge in [0.1, 0.15) is 0 Å². The van der Waals surface area contributed by atoms with Gasteiger partial charge in [0, 0.05) is 17.0 Å². The number of nitrogens with one attached hydrogen (secondary N) is 1. The summed E-state index contributed by atoms with van der Waals surface area (Å²) in [6.45, 7) is 3.69. The average molecular weight is 291 g/mol. The van der Waals surface area contributed by atoms with Crippen LogP contribution in [0, 0.1) is 6.92 Å². The molecular formula is C11H17NO2S3. The molecule has 0 fully saturated rings. The minimum Gasteiger partial charge on any atom is -0.207 e. The second-order valence-electron chi connectivity index (χ2n) is 4.30. The van der Waals surface area contributed by atoms with E-state index < -0.39 is 15.6 Å². The molecule has 0 aromatic heterocycles. The molecule has 0 heterocycles. The molecule has 0 amide bonds. The molecule has 1 N–H and O–H groups in total. The molecule has 0 spiro atoms. The first-order valence-electron chi connectivity index (χ1n) is 5.15. The molecule has 96 valence electrons. The molecule has 0 saturated heterocycles. The van der Waals surface area contributed by atoms with Crippen molar-refractivity contribution in [2.75, 3.05) is 11.5 Å². The smallest absolute Gasteiger partial charge is 0.207 e. The van der Waals surface area contributed by atoms with Crippen molar-refractivity contribution in [3.63, 3.8) is 0 Å². The number of hydrogen-bond acceptors (Lipinski definition) is 4. The van der Waals surface area contributed by atoms with Crippen molar-refractivity contribution in [1.82, 2.24) is 4.72 Å². The van der Waals surface area contributed by atoms with Crippen LogP contribution in [0.2, 0.25) is 0 Å². The Kier molecular flexibility index (Phi) is 4.95. The highest BCUT2D eigenvalue weighted by molar-refractivity contribution is 7.89. The van der Waals surface area contributed by atoms with E-state index in [1.54, 1.807) is 31.2 Å². The van der Waals surface area contributed by atoms with E-state index in [1.807, 2.05) is 6.92 Å². The second-order valence-corrected chi connectivity index (χ2v) is 6.61. The van der Waals surface area contributed by atoms with Gasteiger partial charge in [-0.3, -0.25) is 0 Å². The SMILES string of the molecule is Cc1ccc(S(=O)(=O)NC(C)(CS)CS)cc1. The molecule has 0 aliphatic rings. The largest absolute Gasteiger partial charge is 0.241 e. The molecule has 0 aliphatic heterocycles. The minimum atomic E-state index is -3.51. The minimum absolute atomic E-state index is 0.262. The van der Waals surface area contributed by atoms with Crippen LogP contribution in [0.3, 0.4) is 0 Å². The first-order valence-corrected chi connectivity index (χ1v) is 7.90. The molecular weight excluding hydrogens is 274 g/mol. The van der Waals surface area contributed by atoms with Gasteiger partial charge in [0.2, 0.25) is 10.0 Å². The molecule has 3 nitrogen and oxygen atoms in total. The van der Waals surface area contributed by atoms with Crippen LogP contribution in [-0.2, 0) is 10.0 Å². The first-order chi connectivity index (χ1) is 7.83. The highest BCUT2D eigenvalue weighted by Crippen LogP contribution is 2.16. The van der Waals surface area contributed by atoms with Crippen molar-refractivity contribution in [2.45, 2.75) is 24.3 Å². The number of benzene rings is 1.